The predicted molar refractivity (Wildman–Crippen MR) is 61.7 cm³/mol. The first kappa shape index (κ1) is 11.0. The van der Waals surface area contributed by atoms with E-state index < -0.39 is 5.56 Å². The lowest BCUT2D eigenvalue weighted by Gasteiger charge is -2.11. The summed E-state index contributed by atoms with van der Waals surface area (Å²) in [7, 11) is 3.60. The van der Waals surface area contributed by atoms with E-state index in [2.05, 4.69) is 19.9 Å². The number of aromatic nitrogens is 4. The number of aromatic amines is 1. The predicted octanol–water partition coefficient (Wildman–Crippen LogP) is -0.0408. The molecule has 0 aliphatic carbocycles. The summed E-state index contributed by atoms with van der Waals surface area (Å²) in [5.74, 6) is 0.483. The highest BCUT2D eigenvalue weighted by molar-refractivity contribution is 5.73. The molecule has 17 heavy (non-hydrogen) atoms. The van der Waals surface area contributed by atoms with Crippen molar-refractivity contribution in [1.29, 1.82) is 5.26 Å². The van der Waals surface area contributed by atoms with E-state index in [9.17, 15) is 4.79 Å². The normalized spacial score (nSPS) is 10.2. The first-order valence-corrected chi connectivity index (χ1v) is 4.89. The Morgan fingerprint density at radius 1 is 1.29 bits per heavy atom. The van der Waals surface area contributed by atoms with E-state index in [1.54, 1.807) is 32.0 Å². The van der Waals surface area contributed by atoms with Crippen molar-refractivity contribution in [2.24, 2.45) is 0 Å². The largest absolute Gasteiger partial charge is 0.347 e. The first-order chi connectivity index (χ1) is 8.02. The van der Waals surface area contributed by atoms with E-state index in [-0.39, 0.29) is 5.69 Å². The summed E-state index contributed by atoms with van der Waals surface area (Å²) in [6, 6.07) is 1.73. The van der Waals surface area contributed by atoms with Crippen LogP contribution >= 0.6 is 0 Å². The lowest BCUT2D eigenvalue weighted by atomic mass is 10.3. The van der Waals surface area contributed by atoms with Crippen LogP contribution in [-0.2, 0) is 0 Å². The molecule has 0 spiro atoms. The van der Waals surface area contributed by atoms with Crippen molar-refractivity contribution in [3.8, 4) is 6.07 Å². The van der Waals surface area contributed by atoms with Gasteiger partial charge in [0, 0.05) is 14.1 Å². The number of fused-ring (bicyclic) bond motifs is 1. The molecular formula is C10H10N6O. The van der Waals surface area contributed by atoms with Gasteiger partial charge in [0.15, 0.2) is 5.65 Å². The molecule has 0 unspecified atom stereocenters. The number of rotatable bonds is 1. The van der Waals surface area contributed by atoms with Gasteiger partial charge in [-0.15, -0.1) is 0 Å². The number of nitriles is 1. The summed E-state index contributed by atoms with van der Waals surface area (Å²) in [4.78, 5) is 28.0. The molecule has 0 saturated heterocycles. The summed E-state index contributed by atoms with van der Waals surface area (Å²) in [5.41, 5.74) is 0.674. The van der Waals surface area contributed by atoms with E-state index >= 15 is 0 Å². The summed E-state index contributed by atoms with van der Waals surface area (Å²) >= 11 is 0. The van der Waals surface area contributed by atoms with Gasteiger partial charge >= 0.3 is 0 Å². The zero-order chi connectivity index (χ0) is 12.6. The number of hydrogen-bond acceptors (Lipinski definition) is 6. The van der Waals surface area contributed by atoms with Crippen LogP contribution in [0.15, 0.2) is 4.79 Å². The SMILES string of the molecule is Cc1nc(N(C)C)nc2[nH]c(=O)c(C#N)nc12. The third-order valence-corrected chi connectivity index (χ3v) is 2.22. The smallest absolute Gasteiger partial charge is 0.286 e. The van der Waals surface area contributed by atoms with Crippen molar-refractivity contribution < 1.29 is 0 Å². The van der Waals surface area contributed by atoms with E-state index in [1.165, 1.54) is 0 Å². The Balaban J connectivity index is 2.83. The highest BCUT2D eigenvalue weighted by Crippen LogP contribution is 2.13. The minimum absolute atomic E-state index is 0.179. The second-order valence-corrected chi connectivity index (χ2v) is 3.73. The van der Waals surface area contributed by atoms with Crippen LogP contribution in [0.4, 0.5) is 5.95 Å². The van der Waals surface area contributed by atoms with Gasteiger partial charge in [-0.2, -0.15) is 10.2 Å². The number of anilines is 1. The van der Waals surface area contributed by atoms with Crippen molar-refractivity contribution in [3.05, 3.63) is 21.7 Å². The molecule has 0 aliphatic rings. The molecule has 2 heterocycles. The molecular weight excluding hydrogens is 220 g/mol. The van der Waals surface area contributed by atoms with Gasteiger partial charge in [0.25, 0.3) is 5.56 Å². The summed E-state index contributed by atoms with van der Waals surface area (Å²) in [6.07, 6.45) is 0. The maximum Gasteiger partial charge on any atom is 0.286 e. The Bertz CT molecular complexity index is 681. The summed E-state index contributed by atoms with van der Waals surface area (Å²) < 4.78 is 0. The fourth-order valence-electron chi connectivity index (χ4n) is 1.38. The molecule has 2 rings (SSSR count). The minimum Gasteiger partial charge on any atom is -0.347 e. The first-order valence-electron chi connectivity index (χ1n) is 4.89. The van der Waals surface area contributed by atoms with Crippen molar-refractivity contribution in [1.82, 2.24) is 19.9 Å². The Labute approximate surface area is 96.8 Å². The maximum atomic E-state index is 11.4. The zero-order valence-corrected chi connectivity index (χ0v) is 9.64. The minimum atomic E-state index is -0.539. The molecule has 0 fully saturated rings. The van der Waals surface area contributed by atoms with Crippen LogP contribution in [0, 0.1) is 18.3 Å². The van der Waals surface area contributed by atoms with E-state index in [0.717, 1.165) is 0 Å². The van der Waals surface area contributed by atoms with Gasteiger partial charge in [0.05, 0.1) is 5.69 Å². The monoisotopic (exact) mass is 230 g/mol. The van der Waals surface area contributed by atoms with Crippen molar-refractivity contribution >= 4 is 17.1 Å². The number of H-pyrrole nitrogens is 1. The Morgan fingerprint density at radius 2 is 2.00 bits per heavy atom. The fraction of sp³-hybridized carbons (Fsp3) is 0.300. The molecule has 0 aromatic carbocycles. The van der Waals surface area contributed by atoms with Gasteiger partial charge in [-0.3, -0.25) is 4.79 Å². The Hall–Kier alpha value is -2.49. The molecule has 0 aliphatic heterocycles. The number of hydrogen-bond donors (Lipinski definition) is 1. The molecule has 86 valence electrons. The standard InChI is InChI=1S/C10H10N6O/c1-5-7-8(15-10(12-5)16(2)3)14-9(17)6(4-11)13-7/h1-3H3,(H,12,14,15,17). The highest BCUT2D eigenvalue weighted by atomic mass is 16.1. The van der Waals surface area contributed by atoms with Crippen LogP contribution in [0.1, 0.15) is 11.4 Å². The van der Waals surface area contributed by atoms with Gasteiger partial charge in [0.1, 0.15) is 11.6 Å². The molecule has 0 atom stereocenters. The average Bonchev–Trinajstić information content (AvgIpc) is 2.27. The van der Waals surface area contributed by atoms with Gasteiger partial charge < -0.3 is 9.88 Å². The van der Waals surface area contributed by atoms with E-state index in [4.69, 9.17) is 5.26 Å². The van der Waals surface area contributed by atoms with Gasteiger partial charge in [0.2, 0.25) is 11.6 Å². The number of nitrogens with zero attached hydrogens (tertiary/aromatic N) is 5. The van der Waals surface area contributed by atoms with Crippen LogP contribution in [0.3, 0.4) is 0 Å². The highest BCUT2D eigenvalue weighted by Gasteiger charge is 2.10. The van der Waals surface area contributed by atoms with Crippen molar-refractivity contribution in [3.63, 3.8) is 0 Å². The second-order valence-electron chi connectivity index (χ2n) is 3.73. The third kappa shape index (κ3) is 1.80. The summed E-state index contributed by atoms with van der Waals surface area (Å²) in [6.45, 7) is 1.75. The number of aryl methyl sites for hydroxylation is 1. The lowest BCUT2D eigenvalue weighted by Crippen LogP contribution is -2.17. The van der Waals surface area contributed by atoms with Crippen molar-refractivity contribution in [2.75, 3.05) is 19.0 Å². The molecule has 0 bridgehead atoms. The topological polar surface area (TPSA) is 98.6 Å². The maximum absolute atomic E-state index is 11.4. The average molecular weight is 230 g/mol. The van der Waals surface area contributed by atoms with Gasteiger partial charge in [-0.05, 0) is 6.92 Å². The third-order valence-electron chi connectivity index (χ3n) is 2.22. The second kappa shape index (κ2) is 3.83. The molecule has 0 radical (unpaired) electrons. The quantitative estimate of drug-likeness (QED) is 0.738. The fourth-order valence-corrected chi connectivity index (χ4v) is 1.38. The molecule has 2 aromatic heterocycles. The van der Waals surface area contributed by atoms with Gasteiger partial charge in [-0.25, -0.2) is 9.97 Å². The van der Waals surface area contributed by atoms with Crippen LogP contribution < -0.4 is 10.5 Å². The Kier molecular flexibility index (Phi) is 2.48. The summed E-state index contributed by atoms with van der Waals surface area (Å²) in [5, 5.41) is 8.73. The van der Waals surface area contributed by atoms with E-state index in [0.29, 0.717) is 22.8 Å². The molecule has 0 amide bonds. The molecule has 7 heteroatoms. The molecule has 2 aromatic rings. The molecule has 0 saturated carbocycles. The Morgan fingerprint density at radius 3 is 2.59 bits per heavy atom. The molecule has 1 N–H and O–H groups in total. The van der Waals surface area contributed by atoms with Gasteiger partial charge in [-0.1, -0.05) is 0 Å². The molecule has 7 nitrogen and oxygen atoms in total. The van der Waals surface area contributed by atoms with Crippen LogP contribution in [-0.4, -0.2) is 34.0 Å². The zero-order valence-electron chi connectivity index (χ0n) is 9.64. The van der Waals surface area contributed by atoms with Crippen LogP contribution in [0.2, 0.25) is 0 Å². The van der Waals surface area contributed by atoms with Crippen molar-refractivity contribution in [2.45, 2.75) is 6.92 Å². The number of nitrogens with one attached hydrogen (secondary N) is 1. The lowest BCUT2D eigenvalue weighted by molar-refractivity contribution is 0.977. The van der Waals surface area contributed by atoms with E-state index in [1.807, 2.05) is 0 Å². The van der Waals surface area contributed by atoms with Crippen LogP contribution in [0.5, 0.6) is 0 Å². The van der Waals surface area contributed by atoms with Crippen LogP contribution in [0.25, 0.3) is 11.2 Å².